The van der Waals surface area contributed by atoms with Crippen molar-refractivity contribution in [2.24, 2.45) is 0 Å². The second-order valence-electron chi connectivity index (χ2n) is 5.79. The third-order valence-electron chi connectivity index (χ3n) is 3.49. The van der Waals surface area contributed by atoms with E-state index in [2.05, 4.69) is 17.4 Å². The van der Waals surface area contributed by atoms with Crippen LogP contribution in [0.2, 0.25) is 0 Å². The van der Waals surface area contributed by atoms with E-state index >= 15 is 0 Å². The average molecular weight is 321 g/mol. The van der Waals surface area contributed by atoms with E-state index in [1.54, 1.807) is 0 Å². The lowest BCUT2D eigenvalue weighted by Gasteiger charge is -2.10. The molecular weight excluding hydrogens is 298 g/mol. The van der Waals surface area contributed by atoms with Crippen molar-refractivity contribution < 1.29 is 14.3 Å². The largest absolute Gasteiger partial charge is 0.491 e. The highest BCUT2D eigenvalue weighted by Gasteiger charge is 2.30. The summed E-state index contributed by atoms with van der Waals surface area (Å²) in [5.74, 6) is 0.781. The number of carbonyl (C=O) groups excluding carboxylic acids is 2. The maximum absolute atomic E-state index is 11.4. The first-order chi connectivity index (χ1) is 10.5. The van der Waals surface area contributed by atoms with E-state index in [1.165, 1.54) is 5.56 Å². The number of ether oxygens (including phenoxy) is 1. The van der Waals surface area contributed by atoms with Gasteiger partial charge in [-0.3, -0.25) is 14.9 Å². The molecule has 1 fully saturated rings. The number of thioether (sulfide) groups is 1. The molecule has 0 radical (unpaired) electrons. The maximum atomic E-state index is 11.4. The monoisotopic (exact) mass is 321 g/mol. The molecule has 1 aliphatic rings. The molecule has 1 atom stereocenters. The van der Waals surface area contributed by atoms with E-state index in [1.807, 2.05) is 26.0 Å². The van der Waals surface area contributed by atoms with Crippen molar-refractivity contribution in [3.05, 3.63) is 29.8 Å². The molecule has 2 rings (SSSR count). The van der Waals surface area contributed by atoms with Gasteiger partial charge < -0.3 is 4.74 Å². The molecule has 22 heavy (non-hydrogen) atoms. The summed E-state index contributed by atoms with van der Waals surface area (Å²) in [6, 6.07) is 8.24. The van der Waals surface area contributed by atoms with E-state index in [-0.39, 0.29) is 22.5 Å². The van der Waals surface area contributed by atoms with E-state index in [9.17, 15) is 9.59 Å². The zero-order valence-corrected chi connectivity index (χ0v) is 13.9. The fraction of sp³-hybridized carbons (Fsp3) is 0.529. The molecule has 0 aliphatic carbocycles. The van der Waals surface area contributed by atoms with Crippen LogP contribution in [0.5, 0.6) is 5.75 Å². The number of amides is 2. The molecule has 4 nitrogen and oxygen atoms in total. The molecule has 0 spiro atoms. The zero-order valence-electron chi connectivity index (χ0n) is 13.1. The second kappa shape index (κ2) is 8.22. The molecule has 1 heterocycles. The molecule has 1 N–H and O–H groups in total. The topological polar surface area (TPSA) is 55.4 Å². The summed E-state index contributed by atoms with van der Waals surface area (Å²) >= 11 is 1.12. The molecule has 1 saturated heterocycles. The Labute approximate surface area is 136 Å². The van der Waals surface area contributed by atoms with Gasteiger partial charge in [-0.05, 0) is 50.8 Å². The van der Waals surface area contributed by atoms with E-state index in [0.29, 0.717) is 0 Å². The first-order valence-corrected chi connectivity index (χ1v) is 8.69. The van der Waals surface area contributed by atoms with Gasteiger partial charge in [0.05, 0.1) is 11.4 Å². The highest BCUT2D eigenvalue weighted by atomic mass is 32.2. The van der Waals surface area contributed by atoms with Crippen molar-refractivity contribution in [2.75, 3.05) is 0 Å². The fourth-order valence-corrected chi connectivity index (χ4v) is 3.29. The Morgan fingerprint density at radius 1 is 1.14 bits per heavy atom. The van der Waals surface area contributed by atoms with Crippen LogP contribution < -0.4 is 10.1 Å². The van der Waals surface area contributed by atoms with Gasteiger partial charge in [0.25, 0.3) is 5.24 Å². The molecule has 120 valence electrons. The van der Waals surface area contributed by atoms with Gasteiger partial charge in [-0.2, -0.15) is 0 Å². The minimum atomic E-state index is -0.210. The fourth-order valence-electron chi connectivity index (χ4n) is 2.43. The van der Waals surface area contributed by atoms with Crippen molar-refractivity contribution in [3.63, 3.8) is 0 Å². The number of aryl methyl sites for hydroxylation is 1. The van der Waals surface area contributed by atoms with Crippen LogP contribution in [0.4, 0.5) is 4.79 Å². The van der Waals surface area contributed by atoms with Crippen LogP contribution in [-0.4, -0.2) is 22.5 Å². The van der Waals surface area contributed by atoms with Gasteiger partial charge in [-0.15, -0.1) is 0 Å². The minimum absolute atomic E-state index is 0.129. The summed E-state index contributed by atoms with van der Waals surface area (Å²) in [7, 11) is 0. The SMILES string of the molecule is CC(C)Oc1ccc(CCCCC[C@H]2SC(=O)NC2=O)cc1. The molecule has 1 aromatic carbocycles. The average Bonchev–Trinajstić information content (AvgIpc) is 2.78. The Hall–Kier alpha value is -1.49. The zero-order chi connectivity index (χ0) is 15.9. The van der Waals surface area contributed by atoms with Gasteiger partial charge in [-0.1, -0.05) is 36.7 Å². The Bertz CT molecular complexity index is 513. The summed E-state index contributed by atoms with van der Waals surface area (Å²) in [6.07, 6.45) is 5.16. The Balaban J connectivity index is 1.62. The van der Waals surface area contributed by atoms with Crippen LogP contribution >= 0.6 is 11.8 Å². The third kappa shape index (κ3) is 5.37. The normalized spacial score (nSPS) is 17.9. The van der Waals surface area contributed by atoms with E-state index < -0.39 is 0 Å². The van der Waals surface area contributed by atoms with Crippen molar-refractivity contribution in [1.82, 2.24) is 5.32 Å². The number of benzene rings is 1. The van der Waals surface area contributed by atoms with E-state index in [0.717, 1.165) is 49.6 Å². The molecule has 5 heteroatoms. The summed E-state index contributed by atoms with van der Waals surface area (Å²) in [5.41, 5.74) is 1.30. The number of unbranched alkanes of at least 4 members (excludes halogenated alkanes) is 2. The van der Waals surface area contributed by atoms with Crippen molar-refractivity contribution in [1.29, 1.82) is 0 Å². The van der Waals surface area contributed by atoms with Crippen LogP contribution in [0.3, 0.4) is 0 Å². The Morgan fingerprint density at radius 2 is 1.86 bits per heavy atom. The number of imide groups is 1. The quantitative estimate of drug-likeness (QED) is 0.737. The maximum Gasteiger partial charge on any atom is 0.286 e. The lowest BCUT2D eigenvalue weighted by atomic mass is 10.1. The van der Waals surface area contributed by atoms with Crippen LogP contribution in [-0.2, 0) is 11.2 Å². The molecule has 0 saturated carbocycles. The summed E-state index contributed by atoms with van der Waals surface area (Å²) in [6.45, 7) is 4.04. The van der Waals surface area contributed by atoms with Gasteiger partial charge in [0.1, 0.15) is 5.75 Å². The van der Waals surface area contributed by atoms with Gasteiger partial charge in [0.2, 0.25) is 5.91 Å². The first-order valence-electron chi connectivity index (χ1n) is 7.81. The van der Waals surface area contributed by atoms with Gasteiger partial charge in [0, 0.05) is 0 Å². The van der Waals surface area contributed by atoms with Gasteiger partial charge in [-0.25, -0.2) is 0 Å². The van der Waals surface area contributed by atoms with Crippen molar-refractivity contribution in [2.45, 2.75) is 57.3 Å². The summed E-state index contributed by atoms with van der Waals surface area (Å²) < 4.78 is 5.62. The number of hydrogen-bond acceptors (Lipinski definition) is 4. The van der Waals surface area contributed by atoms with Gasteiger partial charge in [0.15, 0.2) is 0 Å². The number of nitrogens with one attached hydrogen (secondary N) is 1. The number of carbonyl (C=O) groups is 2. The van der Waals surface area contributed by atoms with Gasteiger partial charge >= 0.3 is 0 Å². The number of rotatable bonds is 8. The molecule has 1 aliphatic heterocycles. The highest BCUT2D eigenvalue weighted by molar-refractivity contribution is 8.15. The molecule has 1 aromatic rings. The second-order valence-corrected chi connectivity index (χ2v) is 6.97. The molecule has 2 amide bonds. The first kappa shape index (κ1) is 16.9. The van der Waals surface area contributed by atoms with E-state index in [4.69, 9.17) is 4.74 Å². The van der Waals surface area contributed by atoms with Crippen molar-refractivity contribution >= 4 is 22.9 Å². The summed E-state index contributed by atoms with van der Waals surface area (Å²) in [5, 5.41) is 1.94. The smallest absolute Gasteiger partial charge is 0.286 e. The van der Waals surface area contributed by atoms with Crippen LogP contribution in [0.15, 0.2) is 24.3 Å². The minimum Gasteiger partial charge on any atom is -0.491 e. The predicted octanol–water partition coefficient (Wildman–Crippen LogP) is 3.93. The lowest BCUT2D eigenvalue weighted by Crippen LogP contribution is -2.24. The standard InChI is InChI=1S/C17H23NO3S/c1-12(2)21-14-10-8-13(9-11-14)6-4-3-5-7-15-16(19)18-17(20)22-15/h8-12,15H,3-7H2,1-2H3,(H,18,19,20)/t15-/m1/s1. The van der Waals surface area contributed by atoms with Crippen LogP contribution in [0, 0.1) is 0 Å². The Kier molecular flexibility index (Phi) is 6.31. The summed E-state index contributed by atoms with van der Waals surface area (Å²) in [4.78, 5) is 22.5. The highest BCUT2D eigenvalue weighted by Crippen LogP contribution is 2.24. The lowest BCUT2D eigenvalue weighted by molar-refractivity contribution is -0.119. The Morgan fingerprint density at radius 3 is 2.45 bits per heavy atom. The number of hydrogen-bond donors (Lipinski definition) is 1. The predicted molar refractivity (Wildman–Crippen MR) is 89.3 cm³/mol. The third-order valence-corrected chi connectivity index (χ3v) is 4.54. The molecule has 0 unspecified atom stereocenters. The molecule has 0 aromatic heterocycles. The molecule has 0 bridgehead atoms. The molecular formula is C17H23NO3S. The van der Waals surface area contributed by atoms with Crippen LogP contribution in [0.1, 0.15) is 45.1 Å². The van der Waals surface area contributed by atoms with Crippen molar-refractivity contribution in [3.8, 4) is 5.75 Å². The van der Waals surface area contributed by atoms with Crippen LogP contribution in [0.25, 0.3) is 0 Å².